The number of hydrogen-bond acceptors (Lipinski definition) is 7. The summed E-state index contributed by atoms with van der Waals surface area (Å²) in [5.74, 6) is 2.23. The molecule has 0 fully saturated rings. The second-order valence-corrected chi connectivity index (χ2v) is 9.48. The van der Waals surface area contributed by atoms with Crippen LogP contribution in [0.4, 0.5) is 5.69 Å². The molecule has 0 atom stereocenters. The number of thioether (sulfide) groups is 1. The van der Waals surface area contributed by atoms with Crippen molar-refractivity contribution in [3.05, 3.63) is 70.4 Å². The normalized spacial score (nSPS) is 12.5. The van der Waals surface area contributed by atoms with Gasteiger partial charge in [-0.1, -0.05) is 47.7 Å². The Balaban J connectivity index is 1.32. The second-order valence-electron chi connectivity index (χ2n) is 7.51. The first-order valence-corrected chi connectivity index (χ1v) is 12.4. The summed E-state index contributed by atoms with van der Waals surface area (Å²) in [6.45, 7) is 3.56. The molecule has 5 rings (SSSR count). The van der Waals surface area contributed by atoms with Crippen LogP contribution in [0, 0.1) is 6.92 Å². The Bertz CT molecular complexity index is 1240. The number of aromatic amines is 1. The lowest BCUT2D eigenvalue weighted by atomic mass is 10.1. The molecule has 4 aromatic rings. The van der Waals surface area contributed by atoms with E-state index in [-0.39, 0.29) is 11.7 Å². The van der Waals surface area contributed by atoms with Crippen molar-refractivity contribution >= 4 is 34.7 Å². The number of rotatable bonds is 7. The highest BCUT2D eigenvalue weighted by Crippen LogP contribution is 2.35. The number of aromatic nitrogens is 3. The Kier molecular flexibility index (Phi) is 6.32. The number of thiophene rings is 1. The predicted molar refractivity (Wildman–Crippen MR) is 130 cm³/mol. The van der Waals surface area contributed by atoms with Gasteiger partial charge < -0.3 is 14.4 Å². The topological polar surface area (TPSA) is 80.3 Å². The number of nitrogens with one attached hydrogen (secondary N) is 1. The third-order valence-corrected chi connectivity index (χ3v) is 6.84. The highest BCUT2D eigenvalue weighted by molar-refractivity contribution is 7.99. The minimum Gasteiger partial charge on any atom is -0.486 e. The Morgan fingerprint density at radius 2 is 1.94 bits per heavy atom. The lowest BCUT2D eigenvalue weighted by Crippen LogP contribution is -2.31. The molecule has 1 aliphatic heterocycles. The molecular formula is C24H22N4O3S2. The number of anilines is 1. The van der Waals surface area contributed by atoms with Crippen LogP contribution >= 0.6 is 23.1 Å². The molecule has 168 valence electrons. The largest absolute Gasteiger partial charge is 0.486 e. The number of carbonyl (C=O) groups excluding carboxylic acids is 1. The minimum absolute atomic E-state index is 0.0354. The van der Waals surface area contributed by atoms with Gasteiger partial charge in [-0.05, 0) is 30.5 Å². The molecule has 0 saturated carbocycles. The van der Waals surface area contributed by atoms with Crippen molar-refractivity contribution in [3.63, 3.8) is 0 Å². The van der Waals surface area contributed by atoms with E-state index in [0.717, 1.165) is 16.1 Å². The third-order valence-electron chi connectivity index (χ3n) is 5.15. The van der Waals surface area contributed by atoms with Gasteiger partial charge in [-0.25, -0.2) is 4.98 Å². The Labute approximate surface area is 199 Å². The fourth-order valence-electron chi connectivity index (χ4n) is 3.44. The second kappa shape index (κ2) is 9.68. The summed E-state index contributed by atoms with van der Waals surface area (Å²) in [5, 5.41) is 9.78. The first-order valence-electron chi connectivity index (χ1n) is 10.5. The van der Waals surface area contributed by atoms with Crippen molar-refractivity contribution in [1.29, 1.82) is 0 Å². The number of amides is 1. The average Bonchev–Trinajstić information content (AvgIpc) is 3.53. The maximum Gasteiger partial charge on any atom is 0.237 e. The molecule has 0 bridgehead atoms. The number of ether oxygens (including phenoxy) is 2. The van der Waals surface area contributed by atoms with Gasteiger partial charge in [0.15, 0.2) is 17.3 Å². The third kappa shape index (κ3) is 5.04. The monoisotopic (exact) mass is 478 g/mol. The molecule has 2 aromatic carbocycles. The smallest absolute Gasteiger partial charge is 0.237 e. The van der Waals surface area contributed by atoms with E-state index in [1.54, 1.807) is 16.2 Å². The van der Waals surface area contributed by atoms with Gasteiger partial charge in [0.25, 0.3) is 0 Å². The van der Waals surface area contributed by atoms with Crippen LogP contribution in [-0.2, 0) is 11.3 Å². The molecule has 1 aliphatic rings. The van der Waals surface area contributed by atoms with Crippen LogP contribution in [0.5, 0.6) is 11.5 Å². The molecule has 0 saturated heterocycles. The number of fused-ring (bicyclic) bond motifs is 1. The molecule has 1 N–H and O–H groups in total. The van der Waals surface area contributed by atoms with E-state index < -0.39 is 0 Å². The molecule has 33 heavy (non-hydrogen) atoms. The van der Waals surface area contributed by atoms with Gasteiger partial charge in [0.05, 0.1) is 12.3 Å². The van der Waals surface area contributed by atoms with Crippen molar-refractivity contribution in [1.82, 2.24) is 15.2 Å². The minimum atomic E-state index is -0.0354. The van der Waals surface area contributed by atoms with E-state index in [9.17, 15) is 4.79 Å². The van der Waals surface area contributed by atoms with E-state index in [1.807, 2.05) is 66.9 Å². The van der Waals surface area contributed by atoms with Crippen LogP contribution in [0.15, 0.2) is 65.1 Å². The van der Waals surface area contributed by atoms with Gasteiger partial charge in [-0.15, -0.1) is 16.4 Å². The van der Waals surface area contributed by atoms with Crippen molar-refractivity contribution in [2.45, 2.75) is 18.6 Å². The zero-order valence-corrected chi connectivity index (χ0v) is 19.6. The fourth-order valence-corrected chi connectivity index (χ4v) is 4.80. The lowest BCUT2D eigenvalue weighted by Gasteiger charge is -2.25. The quantitative estimate of drug-likeness (QED) is 0.379. The summed E-state index contributed by atoms with van der Waals surface area (Å²) in [4.78, 5) is 20.7. The van der Waals surface area contributed by atoms with Gasteiger partial charge >= 0.3 is 0 Å². The Morgan fingerprint density at radius 3 is 2.73 bits per heavy atom. The van der Waals surface area contributed by atoms with E-state index in [0.29, 0.717) is 42.2 Å². The Morgan fingerprint density at radius 1 is 1.12 bits per heavy atom. The van der Waals surface area contributed by atoms with Gasteiger partial charge in [0, 0.05) is 22.2 Å². The summed E-state index contributed by atoms with van der Waals surface area (Å²) in [6.07, 6.45) is 0. The Hall–Kier alpha value is -3.30. The zero-order valence-electron chi connectivity index (χ0n) is 18.0. The van der Waals surface area contributed by atoms with Gasteiger partial charge in [0.2, 0.25) is 11.1 Å². The molecule has 0 spiro atoms. The standard InChI is InChI=1S/C24H22N4O3S2/c1-16-4-6-17(7-5-16)23-25-24(27-26-23)33-15-22(29)28(14-19-3-2-12-32-19)18-8-9-20-21(13-18)31-11-10-30-20/h2-9,12-13H,10-11,14-15H2,1H3,(H,25,26,27). The molecule has 0 aliphatic carbocycles. The van der Waals surface area contributed by atoms with Crippen LogP contribution in [-0.4, -0.2) is 40.1 Å². The first kappa shape index (κ1) is 21.5. The number of carbonyl (C=O) groups is 1. The van der Waals surface area contributed by atoms with Crippen LogP contribution in [0.2, 0.25) is 0 Å². The summed E-state index contributed by atoms with van der Waals surface area (Å²) in [5.41, 5.74) is 2.92. The van der Waals surface area contributed by atoms with Gasteiger partial charge in [0.1, 0.15) is 13.2 Å². The summed E-state index contributed by atoms with van der Waals surface area (Å²) >= 11 is 2.94. The van der Waals surface area contributed by atoms with Crippen LogP contribution in [0.3, 0.4) is 0 Å². The number of nitrogens with zero attached hydrogens (tertiary/aromatic N) is 3. The van der Waals surface area contributed by atoms with Crippen LogP contribution in [0.1, 0.15) is 10.4 Å². The fraction of sp³-hybridized carbons (Fsp3) is 0.208. The summed E-state index contributed by atoms with van der Waals surface area (Å²) < 4.78 is 11.3. The molecule has 3 heterocycles. The first-order chi connectivity index (χ1) is 16.2. The van der Waals surface area contributed by atoms with Crippen molar-refractivity contribution in [2.24, 2.45) is 0 Å². The summed E-state index contributed by atoms with van der Waals surface area (Å²) in [6, 6.07) is 17.7. The van der Waals surface area contributed by atoms with Crippen molar-refractivity contribution < 1.29 is 14.3 Å². The number of benzene rings is 2. The molecular weight excluding hydrogens is 456 g/mol. The van der Waals surface area contributed by atoms with Gasteiger partial charge in [-0.2, -0.15) is 0 Å². The van der Waals surface area contributed by atoms with E-state index in [4.69, 9.17) is 9.47 Å². The molecule has 0 radical (unpaired) electrons. The maximum absolute atomic E-state index is 13.3. The number of aryl methyl sites for hydroxylation is 1. The molecule has 1 amide bonds. The number of hydrogen-bond donors (Lipinski definition) is 1. The molecule has 2 aromatic heterocycles. The van der Waals surface area contributed by atoms with Gasteiger partial charge in [-0.3, -0.25) is 9.89 Å². The van der Waals surface area contributed by atoms with E-state index >= 15 is 0 Å². The molecule has 7 nitrogen and oxygen atoms in total. The maximum atomic E-state index is 13.3. The van der Waals surface area contributed by atoms with Crippen LogP contribution < -0.4 is 14.4 Å². The SMILES string of the molecule is Cc1ccc(-c2nc(SCC(=O)N(Cc3cccs3)c3ccc4c(c3)OCCO4)n[nH]2)cc1. The average molecular weight is 479 g/mol. The highest BCUT2D eigenvalue weighted by atomic mass is 32.2. The highest BCUT2D eigenvalue weighted by Gasteiger charge is 2.21. The van der Waals surface area contributed by atoms with E-state index in [1.165, 1.54) is 17.3 Å². The zero-order chi connectivity index (χ0) is 22.6. The van der Waals surface area contributed by atoms with E-state index in [2.05, 4.69) is 15.2 Å². The van der Waals surface area contributed by atoms with Crippen molar-refractivity contribution in [3.8, 4) is 22.9 Å². The van der Waals surface area contributed by atoms with Crippen LogP contribution in [0.25, 0.3) is 11.4 Å². The molecule has 0 unspecified atom stereocenters. The predicted octanol–water partition coefficient (Wildman–Crippen LogP) is 4.94. The molecule has 9 heteroatoms. The lowest BCUT2D eigenvalue weighted by molar-refractivity contribution is -0.116. The number of H-pyrrole nitrogens is 1. The summed E-state index contributed by atoms with van der Waals surface area (Å²) in [7, 11) is 0. The van der Waals surface area contributed by atoms with Crippen molar-refractivity contribution in [2.75, 3.05) is 23.9 Å².